The third kappa shape index (κ3) is 3.39. The predicted molar refractivity (Wildman–Crippen MR) is 84.9 cm³/mol. The summed E-state index contributed by atoms with van der Waals surface area (Å²) in [5.74, 6) is 1.69. The van der Waals surface area contributed by atoms with Crippen molar-refractivity contribution >= 4 is 15.9 Å². The summed E-state index contributed by atoms with van der Waals surface area (Å²) < 4.78 is 12.5. The van der Waals surface area contributed by atoms with Gasteiger partial charge in [-0.3, -0.25) is 0 Å². The second-order valence-electron chi connectivity index (χ2n) is 5.03. The monoisotopic (exact) mass is 348 g/mol. The summed E-state index contributed by atoms with van der Waals surface area (Å²) in [5.41, 5.74) is 2.13. The van der Waals surface area contributed by atoms with Crippen LogP contribution in [0.3, 0.4) is 0 Å². The van der Waals surface area contributed by atoms with Crippen LogP contribution in [0.25, 0.3) is 0 Å². The Balaban J connectivity index is 1.53. The molecule has 0 fully saturated rings. The van der Waals surface area contributed by atoms with Gasteiger partial charge in [0, 0.05) is 10.0 Å². The van der Waals surface area contributed by atoms with E-state index in [0.29, 0.717) is 13.2 Å². The van der Waals surface area contributed by atoms with Crippen molar-refractivity contribution in [3.8, 4) is 11.5 Å². The first-order valence-electron chi connectivity index (χ1n) is 7.05. The summed E-state index contributed by atoms with van der Waals surface area (Å²) in [7, 11) is 0. The second-order valence-corrected chi connectivity index (χ2v) is 5.94. The molecule has 0 saturated carbocycles. The lowest BCUT2D eigenvalue weighted by Crippen LogP contribution is -2.10. The molecule has 4 heteroatoms. The first-order chi connectivity index (χ1) is 10.2. The number of rotatable bonds is 5. The van der Waals surface area contributed by atoms with E-state index in [1.54, 1.807) is 0 Å². The molecule has 0 aromatic heterocycles. The number of hydrogen-bond donors (Lipinski definition) is 1. The van der Waals surface area contributed by atoms with Crippen molar-refractivity contribution in [2.75, 3.05) is 13.2 Å². The summed E-state index contributed by atoms with van der Waals surface area (Å²) in [6.07, 6.45) is 1.31. The van der Waals surface area contributed by atoms with E-state index in [4.69, 9.17) is 9.47 Å². The van der Waals surface area contributed by atoms with Gasteiger partial charge < -0.3 is 14.6 Å². The largest absolute Gasteiger partial charge is 0.490 e. The van der Waals surface area contributed by atoms with Gasteiger partial charge in [0.15, 0.2) is 0 Å². The minimum atomic E-state index is -0.345. The fraction of sp³-hybridized carbons (Fsp3) is 0.294. The zero-order valence-electron chi connectivity index (χ0n) is 11.6. The molecule has 3 rings (SSSR count). The van der Waals surface area contributed by atoms with E-state index in [0.717, 1.165) is 39.9 Å². The van der Waals surface area contributed by atoms with E-state index in [9.17, 15) is 5.11 Å². The fourth-order valence-electron chi connectivity index (χ4n) is 2.58. The van der Waals surface area contributed by atoms with Gasteiger partial charge in [-0.2, -0.15) is 0 Å². The number of fused-ring (bicyclic) bond motifs is 1. The van der Waals surface area contributed by atoms with Crippen molar-refractivity contribution in [3.63, 3.8) is 0 Å². The highest BCUT2D eigenvalue weighted by Gasteiger charge is 2.22. The molecule has 2 aromatic rings. The Hall–Kier alpha value is -1.52. The summed E-state index contributed by atoms with van der Waals surface area (Å²) >= 11 is 3.39. The normalized spacial score (nSPS) is 16.6. The number of hydrogen-bond acceptors (Lipinski definition) is 3. The van der Waals surface area contributed by atoms with E-state index in [2.05, 4.69) is 15.9 Å². The minimum absolute atomic E-state index is 0.345. The molecule has 110 valence electrons. The third-order valence-corrected chi connectivity index (χ3v) is 4.15. The first kappa shape index (κ1) is 14.4. The number of aliphatic hydroxyl groups is 1. The van der Waals surface area contributed by atoms with Crippen LogP contribution in [0.15, 0.2) is 46.9 Å². The maximum Gasteiger partial charge on any atom is 0.123 e. The van der Waals surface area contributed by atoms with Crippen LogP contribution >= 0.6 is 15.9 Å². The standard InChI is InChI=1S/C17H17BrO3/c18-12-4-6-13(7-5-12)20-10-11-21-17-3-1-2-14-15(17)8-9-16(14)19/h1-7,16,19H,8-11H2. The van der Waals surface area contributed by atoms with Gasteiger partial charge in [0.05, 0.1) is 6.10 Å². The molecule has 1 unspecified atom stereocenters. The molecular formula is C17H17BrO3. The lowest BCUT2D eigenvalue weighted by atomic mass is 10.1. The van der Waals surface area contributed by atoms with Crippen molar-refractivity contribution < 1.29 is 14.6 Å². The third-order valence-electron chi connectivity index (χ3n) is 3.62. The van der Waals surface area contributed by atoms with Gasteiger partial charge in [0.1, 0.15) is 24.7 Å². The van der Waals surface area contributed by atoms with Gasteiger partial charge in [-0.05, 0) is 48.7 Å². The molecule has 1 atom stereocenters. The minimum Gasteiger partial charge on any atom is -0.490 e. The first-order valence-corrected chi connectivity index (χ1v) is 7.84. The Labute approximate surface area is 132 Å². The molecule has 1 N–H and O–H groups in total. The second kappa shape index (κ2) is 6.50. The van der Waals surface area contributed by atoms with E-state index in [1.807, 2.05) is 42.5 Å². The Bertz CT molecular complexity index is 610. The van der Waals surface area contributed by atoms with Crippen LogP contribution in [-0.4, -0.2) is 18.3 Å². The van der Waals surface area contributed by atoms with Crippen LogP contribution in [0.2, 0.25) is 0 Å². The molecule has 0 saturated heterocycles. The SMILES string of the molecule is OC1CCc2c(OCCOc3ccc(Br)cc3)cccc21. The summed E-state index contributed by atoms with van der Waals surface area (Å²) in [4.78, 5) is 0. The van der Waals surface area contributed by atoms with E-state index < -0.39 is 0 Å². The van der Waals surface area contributed by atoms with Gasteiger partial charge in [0.2, 0.25) is 0 Å². The molecule has 0 amide bonds. The molecule has 0 bridgehead atoms. The highest BCUT2D eigenvalue weighted by Crippen LogP contribution is 2.36. The van der Waals surface area contributed by atoms with Crippen LogP contribution in [0, 0.1) is 0 Å². The Morgan fingerprint density at radius 2 is 1.81 bits per heavy atom. The van der Waals surface area contributed by atoms with E-state index in [-0.39, 0.29) is 6.10 Å². The van der Waals surface area contributed by atoms with Crippen molar-refractivity contribution in [2.24, 2.45) is 0 Å². The van der Waals surface area contributed by atoms with Gasteiger partial charge >= 0.3 is 0 Å². The molecule has 3 nitrogen and oxygen atoms in total. The van der Waals surface area contributed by atoms with Crippen molar-refractivity contribution in [3.05, 3.63) is 58.1 Å². The number of aliphatic hydroxyl groups excluding tert-OH is 1. The molecule has 0 spiro atoms. The Morgan fingerprint density at radius 3 is 2.62 bits per heavy atom. The summed E-state index contributed by atoms with van der Waals surface area (Å²) in [6, 6.07) is 13.6. The molecule has 1 aliphatic carbocycles. The fourth-order valence-corrected chi connectivity index (χ4v) is 2.84. The molecule has 2 aromatic carbocycles. The summed E-state index contributed by atoms with van der Waals surface area (Å²) in [6.45, 7) is 0.983. The maximum absolute atomic E-state index is 9.86. The van der Waals surface area contributed by atoms with E-state index >= 15 is 0 Å². The molecule has 0 heterocycles. The van der Waals surface area contributed by atoms with Crippen molar-refractivity contribution in [2.45, 2.75) is 18.9 Å². The Kier molecular flexibility index (Phi) is 4.46. The van der Waals surface area contributed by atoms with Crippen LogP contribution < -0.4 is 9.47 Å². The number of ether oxygens (including phenoxy) is 2. The highest BCUT2D eigenvalue weighted by molar-refractivity contribution is 9.10. The zero-order chi connectivity index (χ0) is 14.7. The Morgan fingerprint density at radius 1 is 1.05 bits per heavy atom. The molecule has 0 aliphatic heterocycles. The topological polar surface area (TPSA) is 38.7 Å². The smallest absolute Gasteiger partial charge is 0.123 e. The number of benzene rings is 2. The van der Waals surface area contributed by atoms with Crippen molar-refractivity contribution in [1.29, 1.82) is 0 Å². The van der Waals surface area contributed by atoms with Gasteiger partial charge in [-0.15, -0.1) is 0 Å². The van der Waals surface area contributed by atoms with Crippen LogP contribution in [0.1, 0.15) is 23.7 Å². The number of halogens is 1. The van der Waals surface area contributed by atoms with Gasteiger partial charge in [0.25, 0.3) is 0 Å². The average Bonchev–Trinajstić information content (AvgIpc) is 2.88. The van der Waals surface area contributed by atoms with Gasteiger partial charge in [-0.25, -0.2) is 0 Å². The predicted octanol–water partition coefficient (Wildman–Crippen LogP) is 3.89. The quantitative estimate of drug-likeness (QED) is 0.833. The average molecular weight is 349 g/mol. The molecular weight excluding hydrogens is 332 g/mol. The molecule has 21 heavy (non-hydrogen) atoms. The highest BCUT2D eigenvalue weighted by atomic mass is 79.9. The maximum atomic E-state index is 9.86. The van der Waals surface area contributed by atoms with Gasteiger partial charge in [-0.1, -0.05) is 28.1 Å². The van der Waals surface area contributed by atoms with Crippen LogP contribution in [0.5, 0.6) is 11.5 Å². The van der Waals surface area contributed by atoms with Crippen LogP contribution in [0.4, 0.5) is 0 Å². The molecule has 0 radical (unpaired) electrons. The lowest BCUT2D eigenvalue weighted by molar-refractivity contribution is 0.180. The zero-order valence-corrected chi connectivity index (χ0v) is 13.2. The lowest BCUT2D eigenvalue weighted by Gasteiger charge is -2.12. The van der Waals surface area contributed by atoms with E-state index in [1.165, 1.54) is 0 Å². The van der Waals surface area contributed by atoms with Crippen molar-refractivity contribution in [1.82, 2.24) is 0 Å². The molecule has 1 aliphatic rings. The summed E-state index contributed by atoms with van der Waals surface area (Å²) in [5, 5.41) is 9.86. The van der Waals surface area contributed by atoms with Crippen LogP contribution in [-0.2, 0) is 6.42 Å².